The lowest BCUT2D eigenvalue weighted by molar-refractivity contribution is -0.139. The van der Waals surface area contributed by atoms with Gasteiger partial charge in [0, 0.05) is 12.1 Å². The summed E-state index contributed by atoms with van der Waals surface area (Å²) in [6.07, 6.45) is 0.446. The molecule has 7 heteroatoms. The maximum atomic E-state index is 11.4. The number of thioether (sulfide) groups is 1. The molecule has 112 valence electrons. The van der Waals surface area contributed by atoms with E-state index in [1.807, 2.05) is 25.1 Å². The van der Waals surface area contributed by atoms with Crippen molar-refractivity contribution in [2.24, 2.45) is 0 Å². The molecule has 1 N–H and O–H groups in total. The zero-order chi connectivity index (χ0) is 15.2. The number of hydrogen-bond acceptors (Lipinski definition) is 6. The molecular weight excluding hydrogens is 308 g/mol. The highest BCUT2D eigenvalue weighted by Crippen LogP contribution is 2.31. The summed E-state index contributed by atoms with van der Waals surface area (Å²) in [7, 11) is 0. The Labute approximate surface area is 131 Å². The van der Waals surface area contributed by atoms with Crippen LogP contribution in [0.15, 0.2) is 22.5 Å². The quantitative estimate of drug-likeness (QED) is 0.652. The zero-order valence-corrected chi connectivity index (χ0v) is 13.5. The Hall–Kier alpha value is -1.60. The van der Waals surface area contributed by atoms with Gasteiger partial charge in [0.15, 0.2) is 4.34 Å². The largest absolute Gasteiger partial charge is 0.465 e. The molecule has 0 aliphatic rings. The van der Waals surface area contributed by atoms with E-state index >= 15 is 0 Å². The minimum atomic E-state index is -0.238. The smallest absolute Gasteiger partial charge is 0.316 e. The Bertz CT molecular complexity index is 655. The van der Waals surface area contributed by atoms with E-state index in [4.69, 9.17) is 4.74 Å². The molecule has 0 aliphatic carbocycles. The van der Waals surface area contributed by atoms with Gasteiger partial charge in [-0.1, -0.05) is 18.7 Å². The highest BCUT2D eigenvalue weighted by atomic mass is 32.2. The van der Waals surface area contributed by atoms with Crippen LogP contribution < -0.4 is 5.32 Å². The molecule has 0 unspecified atom stereocenters. The third-order valence-corrected chi connectivity index (χ3v) is 4.73. The number of thiazole rings is 1. The second kappa shape index (κ2) is 7.42. The molecular formula is C14H16N2O3S2. The predicted octanol–water partition coefficient (Wildman–Crippen LogP) is 3.30. The van der Waals surface area contributed by atoms with Gasteiger partial charge < -0.3 is 10.1 Å². The summed E-state index contributed by atoms with van der Waals surface area (Å²) in [6, 6.07) is 5.59. The van der Waals surface area contributed by atoms with Gasteiger partial charge in [-0.05, 0) is 25.1 Å². The number of benzene rings is 1. The first-order chi connectivity index (χ1) is 10.1. The average molecular weight is 324 g/mol. The van der Waals surface area contributed by atoms with Gasteiger partial charge in [0.2, 0.25) is 5.91 Å². The number of ether oxygens (including phenoxy) is 1. The van der Waals surface area contributed by atoms with Gasteiger partial charge in [-0.3, -0.25) is 9.59 Å². The van der Waals surface area contributed by atoms with Crippen LogP contribution in [-0.2, 0) is 14.3 Å². The summed E-state index contributed by atoms with van der Waals surface area (Å²) >= 11 is 2.86. The molecule has 0 saturated carbocycles. The van der Waals surface area contributed by atoms with E-state index in [0.717, 1.165) is 20.2 Å². The van der Waals surface area contributed by atoms with Crippen LogP contribution in [0.5, 0.6) is 0 Å². The van der Waals surface area contributed by atoms with Gasteiger partial charge >= 0.3 is 5.97 Å². The fourth-order valence-corrected chi connectivity index (χ4v) is 3.52. The Kier molecular flexibility index (Phi) is 5.58. The number of nitrogens with zero attached hydrogens (tertiary/aromatic N) is 1. The Balaban J connectivity index is 2.07. The molecule has 1 amide bonds. The van der Waals surface area contributed by atoms with Crippen LogP contribution in [0.25, 0.3) is 10.2 Å². The molecule has 0 aliphatic heterocycles. The van der Waals surface area contributed by atoms with Crippen LogP contribution in [0, 0.1) is 0 Å². The van der Waals surface area contributed by atoms with Crippen LogP contribution in [0.2, 0.25) is 0 Å². The molecule has 0 fully saturated rings. The summed E-state index contributed by atoms with van der Waals surface area (Å²) in [4.78, 5) is 27.2. The average Bonchev–Trinajstić information content (AvgIpc) is 2.87. The molecule has 2 rings (SSSR count). The van der Waals surface area contributed by atoms with Gasteiger partial charge in [-0.15, -0.1) is 11.3 Å². The summed E-state index contributed by atoms with van der Waals surface area (Å²) in [5, 5.41) is 2.82. The molecule has 0 saturated heterocycles. The van der Waals surface area contributed by atoms with Crippen LogP contribution in [0.1, 0.15) is 20.3 Å². The lowest BCUT2D eigenvalue weighted by Crippen LogP contribution is -2.08. The van der Waals surface area contributed by atoms with Crippen molar-refractivity contribution in [3.63, 3.8) is 0 Å². The van der Waals surface area contributed by atoms with Crippen LogP contribution in [0.4, 0.5) is 5.69 Å². The van der Waals surface area contributed by atoms with Gasteiger partial charge in [0.05, 0.1) is 22.6 Å². The van der Waals surface area contributed by atoms with Gasteiger partial charge in [0.1, 0.15) is 0 Å². The Morgan fingerprint density at radius 3 is 2.90 bits per heavy atom. The van der Waals surface area contributed by atoms with Crippen LogP contribution in [-0.4, -0.2) is 29.2 Å². The standard InChI is InChI=1S/C14H16N2O3S2/c1-3-12(17)15-9-5-6-10-11(7-9)21-14(16-10)20-8-13(18)19-4-2/h5-7H,3-4,8H2,1-2H3,(H,15,17). The summed E-state index contributed by atoms with van der Waals surface area (Å²) < 4.78 is 6.68. The first-order valence-corrected chi connectivity index (χ1v) is 8.41. The number of carbonyl (C=O) groups excluding carboxylic acids is 2. The van der Waals surface area contributed by atoms with Crippen molar-refractivity contribution in [2.75, 3.05) is 17.7 Å². The van der Waals surface area contributed by atoms with Crippen molar-refractivity contribution >= 4 is 50.9 Å². The minimum Gasteiger partial charge on any atom is -0.465 e. The summed E-state index contributed by atoms with van der Waals surface area (Å²) in [5.74, 6) is 0.000949. The van der Waals surface area contributed by atoms with E-state index in [-0.39, 0.29) is 17.6 Å². The molecule has 1 aromatic carbocycles. The maximum Gasteiger partial charge on any atom is 0.316 e. The topological polar surface area (TPSA) is 68.3 Å². The second-order valence-electron chi connectivity index (χ2n) is 4.16. The van der Waals surface area contributed by atoms with Crippen molar-refractivity contribution in [2.45, 2.75) is 24.6 Å². The molecule has 0 bridgehead atoms. The van der Waals surface area contributed by atoms with Crippen molar-refractivity contribution in [1.82, 2.24) is 4.98 Å². The third-order valence-electron chi connectivity index (χ3n) is 2.59. The summed E-state index contributed by atoms with van der Waals surface area (Å²) in [6.45, 7) is 3.98. The predicted molar refractivity (Wildman–Crippen MR) is 85.9 cm³/mol. The summed E-state index contributed by atoms with van der Waals surface area (Å²) in [5.41, 5.74) is 1.63. The highest BCUT2D eigenvalue weighted by Gasteiger charge is 2.09. The Morgan fingerprint density at radius 1 is 1.38 bits per heavy atom. The molecule has 0 atom stereocenters. The van der Waals surface area contributed by atoms with Crippen molar-refractivity contribution in [3.05, 3.63) is 18.2 Å². The van der Waals surface area contributed by atoms with Crippen molar-refractivity contribution in [1.29, 1.82) is 0 Å². The number of hydrogen-bond donors (Lipinski definition) is 1. The molecule has 21 heavy (non-hydrogen) atoms. The molecule has 0 spiro atoms. The number of nitrogens with one attached hydrogen (secondary N) is 1. The van der Waals surface area contributed by atoms with E-state index < -0.39 is 0 Å². The van der Waals surface area contributed by atoms with Crippen LogP contribution in [0.3, 0.4) is 0 Å². The van der Waals surface area contributed by atoms with Gasteiger partial charge in [0.25, 0.3) is 0 Å². The van der Waals surface area contributed by atoms with E-state index in [0.29, 0.717) is 13.0 Å². The fraction of sp³-hybridized carbons (Fsp3) is 0.357. The molecule has 1 aromatic heterocycles. The van der Waals surface area contributed by atoms with Gasteiger partial charge in [-0.2, -0.15) is 0 Å². The number of amides is 1. The number of esters is 1. The molecule has 2 aromatic rings. The molecule has 1 heterocycles. The number of anilines is 1. The lowest BCUT2D eigenvalue weighted by Gasteiger charge is -2.02. The number of rotatable bonds is 6. The molecule has 0 radical (unpaired) electrons. The van der Waals surface area contributed by atoms with E-state index in [1.165, 1.54) is 23.1 Å². The van der Waals surface area contributed by atoms with Crippen LogP contribution >= 0.6 is 23.1 Å². The van der Waals surface area contributed by atoms with E-state index in [9.17, 15) is 9.59 Å². The Morgan fingerprint density at radius 2 is 2.19 bits per heavy atom. The normalized spacial score (nSPS) is 10.6. The number of carbonyl (C=O) groups is 2. The third kappa shape index (κ3) is 4.44. The van der Waals surface area contributed by atoms with E-state index in [2.05, 4.69) is 10.3 Å². The number of fused-ring (bicyclic) bond motifs is 1. The first kappa shape index (κ1) is 15.8. The zero-order valence-electron chi connectivity index (χ0n) is 11.8. The maximum absolute atomic E-state index is 11.4. The monoisotopic (exact) mass is 324 g/mol. The number of aromatic nitrogens is 1. The fourth-order valence-electron chi connectivity index (χ4n) is 1.62. The lowest BCUT2D eigenvalue weighted by atomic mass is 10.3. The SMILES string of the molecule is CCOC(=O)CSc1nc2ccc(NC(=O)CC)cc2s1. The van der Waals surface area contributed by atoms with E-state index in [1.54, 1.807) is 6.92 Å². The minimum absolute atomic E-state index is 0.0178. The van der Waals surface area contributed by atoms with Gasteiger partial charge in [-0.25, -0.2) is 4.98 Å². The molecule has 5 nitrogen and oxygen atoms in total. The first-order valence-electron chi connectivity index (χ1n) is 6.61. The van der Waals surface area contributed by atoms with Crippen molar-refractivity contribution in [3.8, 4) is 0 Å². The highest BCUT2D eigenvalue weighted by molar-refractivity contribution is 8.01. The van der Waals surface area contributed by atoms with Crippen molar-refractivity contribution < 1.29 is 14.3 Å². The second-order valence-corrected chi connectivity index (χ2v) is 6.41.